The van der Waals surface area contributed by atoms with Gasteiger partial charge in [0.1, 0.15) is 0 Å². The molecule has 0 unspecified atom stereocenters. The van der Waals surface area contributed by atoms with Gasteiger partial charge in [0, 0.05) is 18.3 Å². The summed E-state index contributed by atoms with van der Waals surface area (Å²) in [4.78, 5) is 23.9. The normalized spacial score (nSPS) is 10.5. The van der Waals surface area contributed by atoms with E-state index in [1.165, 1.54) is 0 Å². The fraction of sp³-hybridized carbons (Fsp3) is 0.227. The number of carbonyl (C=O) groups is 2. The zero-order chi connectivity index (χ0) is 19.9. The molecule has 0 saturated carbocycles. The number of carbonyl (C=O) groups excluding carboxylic acids is 2. The van der Waals surface area contributed by atoms with Crippen LogP contribution in [0.2, 0.25) is 0 Å². The summed E-state index contributed by atoms with van der Waals surface area (Å²) in [5.41, 5.74) is 4.71. The van der Waals surface area contributed by atoms with Crippen LogP contribution in [0.25, 0.3) is 5.69 Å². The van der Waals surface area contributed by atoms with Crippen LogP contribution in [0.3, 0.4) is 0 Å². The quantitative estimate of drug-likeness (QED) is 0.639. The number of hydrogen-bond acceptors (Lipinski definition) is 4. The minimum absolute atomic E-state index is 0.192. The van der Waals surface area contributed by atoms with Crippen molar-refractivity contribution in [2.75, 3.05) is 11.9 Å². The molecule has 0 aliphatic heterocycles. The van der Waals surface area contributed by atoms with E-state index in [1.54, 1.807) is 10.9 Å². The molecule has 0 spiro atoms. The third-order valence-electron chi connectivity index (χ3n) is 4.14. The number of nitrogens with zero attached hydrogens (tertiary/aromatic N) is 2. The van der Waals surface area contributed by atoms with Crippen LogP contribution in [0.15, 0.2) is 60.9 Å². The molecular weight excluding hydrogens is 354 g/mol. The highest BCUT2D eigenvalue weighted by molar-refractivity contribution is 5.92. The molecule has 0 saturated heterocycles. The highest BCUT2D eigenvalue weighted by atomic mass is 16.5. The van der Waals surface area contributed by atoms with E-state index in [0.717, 1.165) is 22.4 Å². The van der Waals surface area contributed by atoms with Crippen molar-refractivity contribution in [3.05, 3.63) is 77.6 Å². The molecular formula is C22H23N3O3. The Hall–Kier alpha value is -3.41. The van der Waals surface area contributed by atoms with Crippen molar-refractivity contribution < 1.29 is 14.3 Å². The number of hydrogen-bond donors (Lipinski definition) is 1. The van der Waals surface area contributed by atoms with Crippen molar-refractivity contribution in [2.45, 2.75) is 26.7 Å². The maximum atomic E-state index is 12.0. The molecule has 0 radical (unpaired) electrons. The second kappa shape index (κ2) is 8.99. The van der Waals surface area contributed by atoms with Crippen LogP contribution in [-0.2, 0) is 20.7 Å². The van der Waals surface area contributed by atoms with Gasteiger partial charge < -0.3 is 10.1 Å². The van der Waals surface area contributed by atoms with Crippen LogP contribution in [0, 0.1) is 13.8 Å². The lowest BCUT2D eigenvalue weighted by atomic mass is 10.1. The topological polar surface area (TPSA) is 73.2 Å². The monoisotopic (exact) mass is 377 g/mol. The van der Waals surface area contributed by atoms with Gasteiger partial charge in [-0.1, -0.05) is 24.3 Å². The summed E-state index contributed by atoms with van der Waals surface area (Å²) in [5.74, 6) is -0.765. The molecule has 0 aliphatic carbocycles. The van der Waals surface area contributed by atoms with Gasteiger partial charge in [0.15, 0.2) is 6.61 Å². The Morgan fingerprint density at radius 3 is 2.50 bits per heavy atom. The zero-order valence-electron chi connectivity index (χ0n) is 16.0. The number of anilines is 1. The molecule has 1 amide bonds. The fourth-order valence-electron chi connectivity index (χ4n) is 2.92. The van der Waals surface area contributed by atoms with Crippen LogP contribution < -0.4 is 5.32 Å². The van der Waals surface area contributed by atoms with Gasteiger partial charge in [0.05, 0.1) is 11.9 Å². The molecule has 28 heavy (non-hydrogen) atoms. The summed E-state index contributed by atoms with van der Waals surface area (Å²) >= 11 is 0. The first-order chi connectivity index (χ1) is 13.5. The van der Waals surface area contributed by atoms with Gasteiger partial charge in [-0.15, -0.1) is 0 Å². The molecule has 1 heterocycles. The SMILES string of the molecule is Cc1cc(C)cc(NC(=O)COC(=O)CCc2cnn(-c3ccccc3)c2)c1. The van der Waals surface area contributed by atoms with Gasteiger partial charge in [-0.2, -0.15) is 5.10 Å². The summed E-state index contributed by atoms with van der Waals surface area (Å²) < 4.78 is 6.83. The zero-order valence-corrected chi connectivity index (χ0v) is 16.0. The lowest BCUT2D eigenvalue weighted by molar-refractivity contribution is -0.147. The van der Waals surface area contributed by atoms with Crippen molar-refractivity contribution in [1.29, 1.82) is 0 Å². The third kappa shape index (κ3) is 5.54. The van der Waals surface area contributed by atoms with Crippen LogP contribution in [0.4, 0.5) is 5.69 Å². The van der Waals surface area contributed by atoms with Gasteiger partial charge in [-0.25, -0.2) is 4.68 Å². The number of aryl methyl sites for hydroxylation is 3. The first-order valence-electron chi connectivity index (χ1n) is 9.12. The average molecular weight is 377 g/mol. The molecule has 0 bridgehead atoms. The van der Waals surface area contributed by atoms with Crippen LogP contribution in [0.5, 0.6) is 0 Å². The Labute approximate surface area is 164 Å². The van der Waals surface area contributed by atoms with Crippen molar-refractivity contribution in [3.63, 3.8) is 0 Å². The van der Waals surface area contributed by atoms with Crippen molar-refractivity contribution in [3.8, 4) is 5.69 Å². The highest BCUT2D eigenvalue weighted by Gasteiger charge is 2.10. The molecule has 6 heteroatoms. The Bertz CT molecular complexity index is 944. The van der Waals surface area contributed by atoms with Gasteiger partial charge >= 0.3 is 5.97 Å². The Morgan fingerprint density at radius 2 is 1.79 bits per heavy atom. The highest BCUT2D eigenvalue weighted by Crippen LogP contribution is 2.14. The number of para-hydroxylation sites is 1. The van der Waals surface area contributed by atoms with Crippen molar-refractivity contribution in [1.82, 2.24) is 9.78 Å². The minimum Gasteiger partial charge on any atom is -0.456 e. The van der Waals surface area contributed by atoms with E-state index in [9.17, 15) is 9.59 Å². The van der Waals surface area contributed by atoms with Gasteiger partial charge in [-0.3, -0.25) is 9.59 Å². The van der Waals surface area contributed by atoms with E-state index < -0.39 is 5.97 Å². The van der Waals surface area contributed by atoms with Crippen LogP contribution >= 0.6 is 0 Å². The third-order valence-corrected chi connectivity index (χ3v) is 4.14. The van der Waals surface area contributed by atoms with Gasteiger partial charge in [-0.05, 0) is 61.2 Å². The Balaban J connectivity index is 1.43. The summed E-state index contributed by atoms with van der Waals surface area (Å²) in [7, 11) is 0. The number of esters is 1. The Kier molecular flexibility index (Phi) is 6.22. The second-order valence-electron chi connectivity index (χ2n) is 6.71. The smallest absolute Gasteiger partial charge is 0.306 e. The molecule has 6 nitrogen and oxygen atoms in total. The lowest BCUT2D eigenvalue weighted by Gasteiger charge is -2.08. The van der Waals surface area contributed by atoms with Crippen molar-refractivity contribution >= 4 is 17.6 Å². The average Bonchev–Trinajstić information content (AvgIpc) is 3.14. The van der Waals surface area contributed by atoms with Gasteiger partial charge in [0.2, 0.25) is 0 Å². The van der Waals surface area contributed by atoms with Crippen molar-refractivity contribution in [2.24, 2.45) is 0 Å². The van der Waals surface area contributed by atoms with E-state index in [4.69, 9.17) is 4.74 Å². The largest absolute Gasteiger partial charge is 0.456 e. The number of aromatic nitrogens is 2. The molecule has 0 aliphatic rings. The predicted octanol–water partition coefficient (Wildman–Crippen LogP) is 3.60. The van der Waals surface area contributed by atoms with E-state index in [-0.39, 0.29) is 18.9 Å². The standard InChI is InChI=1S/C22H23N3O3/c1-16-10-17(2)12-19(11-16)24-21(26)15-28-22(27)9-8-18-13-23-25(14-18)20-6-4-3-5-7-20/h3-7,10-14H,8-9,15H2,1-2H3,(H,24,26). The summed E-state index contributed by atoms with van der Waals surface area (Å²) in [6.45, 7) is 3.63. The maximum Gasteiger partial charge on any atom is 0.306 e. The molecule has 0 fully saturated rings. The Morgan fingerprint density at radius 1 is 1.07 bits per heavy atom. The lowest BCUT2D eigenvalue weighted by Crippen LogP contribution is -2.21. The molecule has 3 aromatic rings. The maximum absolute atomic E-state index is 12.0. The summed E-state index contributed by atoms with van der Waals surface area (Å²) in [6.07, 6.45) is 4.31. The molecule has 1 N–H and O–H groups in total. The molecule has 2 aromatic carbocycles. The molecule has 0 atom stereocenters. The second-order valence-corrected chi connectivity index (χ2v) is 6.71. The number of ether oxygens (including phenoxy) is 1. The number of benzene rings is 2. The fourth-order valence-corrected chi connectivity index (χ4v) is 2.92. The van der Waals surface area contributed by atoms with E-state index in [2.05, 4.69) is 10.4 Å². The van der Waals surface area contributed by atoms with Gasteiger partial charge in [0.25, 0.3) is 5.91 Å². The van der Waals surface area contributed by atoms with E-state index in [0.29, 0.717) is 12.1 Å². The first kappa shape index (κ1) is 19.4. The molecule has 1 aromatic heterocycles. The molecule has 3 rings (SSSR count). The molecule has 144 valence electrons. The number of nitrogens with one attached hydrogen (secondary N) is 1. The predicted molar refractivity (Wildman–Crippen MR) is 107 cm³/mol. The van der Waals surface area contributed by atoms with Crippen LogP contribution in [0.1, 0.15) is 23.1 Å². The van der Waals surface area contributed by atoms with Crippen LogP contribution in [-0.4, -0.2) is 28.3 Å². The van der Waals surface area contributed by atoms with E-state index >= 15 is 0 Å². The summed E-state index contributed by atoms with van der Waals surface area (Å²) in [6, 6.07) is 15.5. The summed E-state index contributed by atoms with van der Waals surface area (Å²) in [5, 5.41) is 7.04. The number of rotatable bonds is 7. The minimum atomic E-state index is -0.414. The number of amides is 1. The first-order valence-corrected chi connectivity index (χ1v) is 9.12. The van der Waals surface area contributed by atoms with E-state index in [1.807, 2.05) is 68.6 Å².